The lowest BCUT2D eigenvalue weighted by Crippen LogP contribution is -2.11. The average molecular weight is 334 g/mol. The van der Waals surface area contributed by atoms with Gasteiger partial charge in [-0.25, -0.2) is 9.18 Å². The summed E-state index contributed by atoms with van der Waals surface area (Å²) < 4.78 is 19.8. The first kappa shape index (κ1) is 15.4. The van der Waals surface area contributed by atoms with Crippen molar-refractivity contribution >= 4 is 28.5 Å². The molecule has 0 saturated heterocycles. The van der Waals surface area contributed by atoms with Crippen LogP contribution in [0.1, 0.15) is 16.1 Å². The first-order valence-corrected chi connectivity index (χ1v) is 7.22. The maximum absolute atomic E-state index is 13.5. The second-order valence-corrected chi connectivity index (χ2v) is 5.50. The maximum atomic E-state index is 13.5. The minimum atomic E-state index is -0.687. The Morgan fingerprint density at radius 3 is 2.61 bits per heavy atom. The zero-order chi connectivity index (χ0) is 16.6. The molecule has 0 atom stereocenters. The summed E-state index contributed by atoms with van der Waals surface area (Å²) in [6, 6.07) is 11.1. The number of benzene rings is 2. The third-order valence-electron chi connectivity index (χ3n) is 3.63. The lowest BCUT2D eigenvalue weighted by Gasteiger charge is -2.10. The first-order valence-electron chi connectivity index (χ1n) is 6.84. The van der Waals surface area contributed by atoms with Crippen molar-refractivity contribution in [3.63, 3.8) is 0 Å². The Balaban J connectivity index is 2.20. The molecule has 3 rings (SSSR count). The Bertz CT molecular complexity index is 887. The van der Waals surface area contributed by atoms with Gasteiger partial charge in [-0.05, 0) is 35.9 Å². The van der Waals surface area contributed by atoms with Crippen molar-refractivity contribution in [3.8, 4) is 5.75 Å². The number of esters is 1. The summed E-state index contributed by atoms with van der Waals surface area (Å²) in [6.45, 7) is 0.310. The zero-order valence-electron chi connectivity index (χ0n) is 12.2. The number of aromatic hydroxyl groups is 1. The van der Waals surface area contributed by atoms with Crippen molar-refractivity contribution in [2.24, 2.45) is 0 Å². The van der Waals surface area contributed by atoms with Gasteiger partial charge in [0.1, 0.15) is 5.82 Å². The number of carbonyl (C=O) groups is 1. The van der Waals surface area contributed by atoms with Gasteiger partial charge in [0.25, 0.3) is 0 Å². The molecular weight excluding hydrogens is 321 g/mol. The monoisotopic (exact) mass is 333 g/mol. The third kappa shape index (κ3) is 2.75. The normalized spacial score (nSPS) is 10.9. The molecule has 0 spiro atoms. The van der Waals surface area contributed by atoms with Crippen molar-refractivity contribution in [3.05, 3.63) is 64.6 Å². The van der Waals surface area contributed by atoms with Crippen LogP contribution in [-0.4, -0.2) is 22.8 Å². The lowest BCUT2D eigenvalue weighted by atomic mass is 10.2. The SMILES string of the molecule is COC(=O)c1c(O)c2cc(F)ccc2n1Cc1ccc(Cl)cc1. The van der Waals surface area contributed by atoms with Gasteiger partial charge in [0, 0.05) is 17.0 Å². The highest BCUT2D eigenvalue weighted by Gasteiger charge is 2.23. The van der Waals surface area contributed by atoms with Gasteiger partial charge in [0.15, 0.2) is 11.4 Å². The molecule has 1 heterocycles. The molecule has 118 valence electrons. The fraction of sp³-hybridized carbons (Fsp3) is 0.118. The molecule has 6 heteroatoms. The van der Waals surface area contributed by atoms with Crippen LogP contribution in [0.15, 0.2) is 42.5 Å². The van der Waals surface area contributed by atoms with E-state index in [4.69, 9.17) is 16.3 Å². The van der Waals surface area contributed by atoms with Crippen molar-refractivity contribution < 1.29 is 19.0 Å². The number of fused-ring (bicyclic) bond motifs is 1. The molecular formula is C17H13ClFNO3. The molecule has 4 nitrogen and oxygen atoms in total. The maximum Gasteiger partial charge on any atom is 0.358 e. The standard InChI is InChI=1S/C17H13ClFNO3/c1-23-17(22)15-16(21)13-8-12(19)6-7-14(13)20(15)9-10-2-4-11(18)5-3-10/h2-8,21H,9H2,1H3. The number of aromatic nitrogens is 1. The number of hydrogen-bond donors (Lipinski definition) is 1. The topological polar surface area (TPSA) is 51.5 Å². The summed E-state index contributed by atoms with van der Waals surface area (Å²) in [6.07, 6.45) is 0. The average Bonchev–Trinajstić information content (AvgIpc) is 2.81. The largest absolute Gasteiger partial charge is 0.505 e. The van der Waals surface area contributed by atoms with Crippen molar-refractivity contribution in [1.82, 2.24) is 4.57 Å². The molecule has 1 N–H and O–H groups in total. The molecule has 0 aliphatic heterocycles. The van der Waals surface area contributed by atoms with E-state index in [1.54, 1.807) is 16.7 Å². The second kappa shape index (κ2) is 5.93. The van der Waals surface area contributed by atoms with Gasteiger partial charge in [0.05, 0.1) is 12.6 Å². The van der Waals surface area contributed by atoms with Gasteiger partial charge in [-0.3, -0.25) is 0 Å². The minimum Gasteiger partial charge on any atom is -0.505 e. The van der Waals surface area contributed by atoms with Gasteiger partial charge in [-0.2, -0.15) is 0 Å². The van der Waals surface area contributed by atoms with Crippen molar-refractivity contribution in [1.29, 1.82) is 0 Å². The lowest BCUT2D eigenvalue weighted by molar-refractivity contribution is 0.0586. The van der Waals surface area contributed by atoms with Crippen LogP contribution < -0.4 is 0 Å². The summed E-state index contributed by atoms with van der Waals surface area (Å²) in [4.78, 5) is 12.0. The van der Waals surface area contributed by atoms with E-state index in [9.17, 15) is 14.3 Å². The van der Waals surface area contributed by atoms with Gasteiger partial charge < -0.3 is 14.4 Å². The van der Waals surface area contributed by atoms with Crippen LogP contribution in [0.25, 0.3) is 10.9 Å². The van der Waals surface area contributed by atoms with E-state index < -0.39 is 11.8 Å². The zero-order valence-corrected chi connectivity index (χ0v) is 13.0. The number of methoxy groups -OCH3 is 1. The van der Waals surface area contributed by atoms with E-state index in [0.717, 1.165) is 5.56 Å². The smallest absolute Gasteiger partial charge is 0.358 e. The van der Waals surface area contributed by atoms with E-state index in [0.29, 0.717) is 17.1 Å². The minimum absolute atomic E-state index is 0.0111. The number of hydrogen-bond acceptors (Lipinski definition) is 3. The molecule has 0 amide bonds. The van der Waals surface area contributed by atoms with Gasteiger partial charge >= 0.3 is 5.97 Å². The Hall–Kier alpha value is -2.53. The number of nitrogens with zero attached hydrogens (tertiary/aromatic N) is 1. The Morgan fingerprint density at radius 1 is 1.26 bits per heavy atom. The molecule has 3 aromatic rings. The molecule has 0 aliphatic rings. The Labute approximate surface area is 136 Å². The Kier molecular flexibility index (Phi) is 3.96. The quantitative estimate of drug-likeness (QED) is 0.738. The molecule has 2 aromatic carbocycles. The molecule has 0 bridgehead atoms. The van der Waals surface area contributed by atoms with Gasteiger partial charge in [-0.1, -0.05) is 23.7 Å². The highest BCUT2D eigenvalue weighted by molar-refractivity contribution is 6.30. The third-order valence-corrected chi connectivity index (χ3v) is 3.88. The number of rotatable bonds is 3. The van der Waals surface area contributed by atoms with E-state index in [1.807, 2.05) is 12.1 Å². The molecule has 0 aliphatic carbocycles. The van der Waals surface area contributed by atoms with Crippen molar-refractivity contribution in [2.45, 2.75) is 6.54 Å². The van der Waals surface area contributed by atoms with Gasteiger partial charge in [-0.15, -0.1) is 0 Å². The molecule has 0 saturated carbocycles. The summed E-state index contributed by atoms with van der Waals surface area (Å²) in [5.41, 5.74) is 1.41. The predicted octanol–water partition coefficient (Wildman–Crippen LogP) is 3.97. The number of halogens is 2. The van der Waals surface area contributed by atoms with Gasteiger partial charge in [0.2, 0.25) is 0 Å². The molecule has 23 heavy (non-hydrogen) atoms. The summed E-state index contributed by atoms with van der Waals surface area (Å²) in [5.74, 6) is -1.47. The van der Waals surface area contributed by atoms with Crippen LogP contribution in [0.3, 0.4) is 0 Å². The van der Waals surface area contributed by atoms with Crippen LogP contribution in [0.5, 0.6) is 5.75 Å². The van der Waals surface area contributed by atoms with E-state index in [2.05, 4.69) is 0 Å². The van der Waals surface area contributed by atoms with Crippen LogP contribution in [-0.2, 0) is 11.3 Å². The highest BCUT2D eigenvalue weighted by atomic mass is 35.5. The van der Waals surface area contributed by atoms with Crippen LogP contribution in [0, 0.1) is 5.82 Å². The van der Waals surface area contributed by atoms with E-state index in [-0.39, 0.29) is 16.8 Å². The first-order chi connectivity index (χ1) is 11.0. The van der Waals surface area contributed by atoms with E-state index in [1.165, 1.54) is 25.3 Å². The van der Waals surface area contributed by atoms with Crippen molar-refractivity contribution in [2.75, 3.05) is 7.11 Å². The van der Waals surface area contributed by atoms with Crippen LogP contribution in [0.4, 0.5) is 4.39 Å². The summed E-state index contributed by atoms with van der Waals surface area (Å²) in [7, 11) is 1.23. The molecule has 0 fully saturated rings. The highest BCUT2D eigenvalue weighted by Crippen LogP contribution is 2.34. The van der Waals surface area contributed by atoms with Crippen LogP contribution >= 0.6 is 11.6 Å². The molecule has 1 aromatic heterocycles. The Morgan fingerprint density at radius 2 is 1.96 bits per heavy atom. The van der Waals surface area contributed by atoms with E-state index >= 15 is 0 Å². The number of carbonyl (C=O) groups excluding carboxylic acids is 1. The summed E-state index contributed by atoms with van der Waals surface area (Å²) >= 11 is 5.87. The summed E-state index contributed by atoms with van der Waals surface area (Å²) in [5, 5.41) is 11.2. The fourth-order valence-corrected chi connectivity index (χ4v) is 2.68. The molecule has 0 radical (unpaired) electrons. The number of ether oxygens (including phenoxy) is 1. The second-order valence-electron chi connectivity index (χ2n) is 5.06. The predicted molar refractivity (Wildman–Crippen MR) is 85.5 cm³/mol. The van der Waals surface area contributed by atoms with Crippen LogP contribution in [0.2, 0.25) is 5.02 Å². The fourth-order valence-electron chi connectivity index (χ4n) is 2.55. The molecule has 0 unspecified atom stereocenters.